The molecule has 1 aromatic heterocycles. The number of nitrogens with zero attached hydrogens (tertiary/aromatic N) is 1. The number of nitrogen functional groups attached to an aromatic ring is 1. The molecule has 4 nitrogen and oxygen atoms in total. The average Bonchev–Trinajstić information content (AvgIpc) is 2.64. The predicted octanol–water partition coefficient (Wildman–Crippen LogP) is 1.61. The van der Waals surface area contributed by atoms with Crippen molar-refractivity contribution in [2.75, 3.05) is 5.73 Å². The van der Waals surface area contributed by atoms with Crippen molar-refractivity contribution in [3.63, 3.8) is 0 Å². The van der Waals surface area contributed by atoms with Crippen LogP contribution in [0, 0.1) is 5.82 Å². The number of aromatic nitrogens is 2. The van der Waals surface area contributed by atoms with Crippen LogP contribution in [0.5, 0.6) is 0 Å². The monoisotopic (exact) mass is 205 g/mol. The number of nitrogens with one attached hydrogen (secondary N) is 1. The maximum Gasteiger partial charge on any atom is 0.150 e. The molecule has 0 atom stereocenters. The number of hydrogen-bond acceptors (Lipinski definition) is 3. The van der Waals surface area contributed by atoms with Crippen LogP contribution in [0.3, 0.4) is 0 Å². The molecule has 76 valence electrons. The number of benzene rings is 1. The van der Waals surface area contributed by atoms with E-state index in [-0.39, 0.29) is 5.56 Å². The van der Waals surface area contributed by atoms with Crippen molar-refractivity contribution in [3.05, 3.63) is 35.8 Å². The molecule has 0 bridgehead atoms. The third-order valence-electron chi connectivity index (χ3n) is 2.10. The van der Waals surface area contributed by atoms with Crippen molar-refractivity contribution >= 4 is 12.1 Å². The first-order valence-electron chi connectivity index (χ1n) is 4.26. The zero-order valence-corrected chi connectivity index (χ0v) is 7.70. The third-order valence-corrected chi connectivity index (χ3v) is 2.10. The fourth-order valence-corrected chi connectivity index (χ4v) is 1.39. The van der Waals surface area contributed by atoms with Gasteiger partial charge in [-0.05, 0) is 17.7 Å². The molecule has 2 rings (SSSR count). The lowest BCUT2D eigenvalue weighted by Gasteiger charge is -2.02. The first-order chi connectivity index (χ1) is 7.22. The summed E-state index contributed by atoms with van der Waals surface area (Å²) in [5.74, 6) is -0.104. The van der Waals surface area contributed by atoms with Gasteiger partial charge in [0.2, 0.25) is 0 Å². The molecular weight excluding hydrogens is 197 g/mol. The Hall–Kier alpha value is -2.17. The van der Waals surface area contributed by atoms with E-state index in [1.807, 2.05) is 0 Å². The van der Waals surface area contributed by atoms with Gasteiger partial charge < -0.3 is 5.73 Å². The highest BCUT2D eigenvalue weighted by atomic mass is 19.1. The molecule has 2 aromatic rings. The standard InChI is InChI=1S/C10H8FN3O/c11-7-1-2-8(6(3-7)5-15)9-4-13-14-10(9)12/h1-5H,(H3,12,13,14). The number of anilines is 1. The van der Waals surface area contributed by atoms with Gasteiger partial charge in [0.25, 0.3) is 0 Å². The largest absolute Gasteiger partial charge is 0.384 e. The summed E-state index contributed by atoms with van der Waals surface area (Å²) in [7, 11) is 0. The lowest BCUT2D eigenvalue weighted by molar-refractivity contribution is 0.112. The average molecular weight is 205 g/mol. The molecule has 0 saturated heterocycles. The minimum Gasteiger partial charge on any atom is -0.384 e. The number of carbonyl (C=O) groups is 1. The molecule has 0 aliphatic heterocycles. The molecule has 15 heavy (non-hydrogen) atoms. The van der Waals surface area contributed by atoms with Crippen LogP contribution in [-0.4, -0.2) is 16.5 Å². The van der Waals surface area contributed by atoms with Crippen LogP contribution >= 0.6 is 0 Å². The second-order valence-electron chi connectivity index (χ2n) is 3.05. The van der Waals surface area contributed by atoms with E-state index in [2.05, 4.69) is 10.2 Å². The summed E-state index contributed by atoms with van der Waals surface area (Å²) in [6.07, 6.45) is 2.08. The van der Waals surface area contributed by atoms with Gasteiger partial charge in [-0.3, -0.25) is 9.89 Å². The van der Waals surface area contributed by atoms with E-state index in [4.69, 9.17) is 5.73 Å². The molecule has 5 heteroatoms. The Morgan fingerprint density at radius 3 is 2.80 bits per heavy atom. The minimum absolute atomic E-state index is 0.253. The second kappa shape index (κ2) is 3.53. The van der Waals surface area contributed by atoms with Gasteiger partial charge in [-0.15, -0.1) is 0 Å². The summed E-state index contributed by atoms with van der Waals surface area (Å²) in [6.45, 7) is 0. The molecule has 0 radical (unpaired) electrons. The minimum atomic E-state index is -0.456. The number of aldehydes is 1. The molecule has 1 heterocycles. The highest BCUT2D eigenvalue weighted by Crippen LogP contribution is 2.26. The number of rotatable bonds is 2. The maximum atomic E-state index is 12.9. The summed E-state index contributed by atoms with van der Waals surface area (Å²) in [6, 6.07) is 3.93. The molecule has 0 spiro atoms. The third kappa shape index (κ3) is 1.59. The van der Waals surface area contributed by atoms with Crippen LogP contribution in [-0.2, 0) is 0 Å². The Labute approximate surface area is 84.9 Å². The Morgan fingerprint density at radius 1 is 1.40 bits per heavy atom. The van der Waals surface area contributed by atoms with Crippen molar-refractivity contribution < 1.29 is 9.18 Å². The smallest absolute Gasteiger partial charge is 0.150 e. The van der Waals surface area contributed by atoms with Gasteiger partial charge in [0.05, 0.1) is 6.20 Å². The Kier molecular flexibility index (Phi) is 2.21. The SMILES string of the molecule is Nc1[nH]ncc1-c1ccc(F)cc1C=O. The van der Waals surface area contributed by atoms with Crippen LogP contribution in [0.2, 0.25) is 0 Å². The summed E-state index contributed by atoms with van der Waals surface area (Å²) >= 11 is 0. The number of halogens is 1. The molecule has 1 aromatic carbocycles. The summed E-state index contributed by atoms with van der Waals surface area (Å²) < 4.78 is 12.9. The van der Waals surface area contributed by atoms with Crippen LogP contribution in [0.15, 0.2) is 24.4 Å². The second-order valence-corrected chi connectivity index (χ2v) is 3.05. The van der Waals surface area contributed by atoms with Gasteiger partial charge >= 0.3 is 0 Å². The molecule has 0 aliphatic rings. The first kappa shape index (κ1) is 9.39. The van der Waals surface area contributed by atoms with Crippen molar-refractivity contribution in [3.8, 4) is 11.1 Å². The number of carbonyl (C=O) groups excluding carboxylic acids is 1. The van der Waals surface area contributed by atoms with Crippen molar-refractivity contribution in [1.29, 1.82) is 0 Å². The van der Waals surface area contributed by atoms with E-state index in [0.29, 0.717) is 23.2 Å². The van der Waals surface area contributed by atoms with E-state index in [1.54, 1.807) is 0 Å². The Bertz CT molecular complexity index is 507. The number of hydrogen-bond donors (Lipinski definition) is 2. The lowest BCUT2D eigenvalue weighted by Crippen LogP contribution is -1.92. The van der Waals surface area contributed by atoms with E-state index in [0.717, 1.165) is 6.07 Å². The number of aromatic amines is 1. The van der Waals surface area contributed by atoms with Crippen molar-refractivity contribution in [2.24, 2.45) is 0 Å². The van der Waals surface area contributed by atoms with Crippen molar-refractivity contribution in [1.82, 2.24) is 10.2 Å². The molecule has 0 amide bonds. The van der Waals surface area contributed by atoms with E-state index in [1.165, 1.54) is 18.3 Å². The quantitative estimate of drug-likeness (QED) is 0.731. The summed E-state index contributed by atoms with van der Waals surface area (Å²) in [5, 5.41) is 6.29. The van der Waals surface area contributed by atoms with Crippen LogP contribution in [0.4, 0.5) is 10.2 Å². The lowest BCUT2D eigenvalue weighted by atomic mass is 10.0. The van der Waals surface area contributed by atoms with E-state index >= 15 is 0 Å². The highest BCUT2D eigenvalue weighted by molar-refractivity contribution is 5.90. The normalized spacial score (nSPS) is 10.2. The zero-order valence-electron chi connectivity index (χ0n) is 7.70. The van der Waals surface area contributed by atoms with Gasteiger partial charge in [0.1, 0.15) is 11.6 Å². The van der Waals surface area contributed by atoms with Gasteiger partial charge in [-0.25, -0.2) is 4.39 Å². The van der Waals surface area contributed by atoms with Crippen molar-refractivity contribution in [2.45, 2.75) is 0 Å². The van der Waals surface area contributed by atoms with Gasteiger partial charge in [-0.2, -0.15) is 5.10 Å². The van der Waals surface area contributed by atoms with Crippen LogP contribution in [0.1, 0.15) is 10.4 Å². The maximum absolute atomic E-state index is 12.9. The van der Waals surface area contributed by atoms with Crippen LogP contribution < -0.4 is 5.73 Å². The highest BCUT2D eigenvalue weighted by Gasteiger charge is 2.10. The molecule has 0 saturated carbocycles. The fourth-order valence-electron chi connectivity index (χ4n) is 1.39. The van der Waals surface area contributed by atoms with E-state index in [9.17, 15) is 9.18 Å². The molecular formula is C10H8FN3O. The van der Waals surface area contributed by atoms with Gasteiger partial charge in [0.15, 0.2) is 6.29 Å². The number of nitrogens with two attached hydrogens (primary N) is 1. The summed E-state index contributed by atoms with van der Waals surface area (Å²) in [5.41, 5.74) is 7.02. The first-order valence-corrected chi connectivity index (χ1v) is 4.26. The Balaban J connectivity index is 2.63. The molecule has 0 fully saturated rings. The fraction of sp³-hybridized carbons (Fsp3) is 0. The van der Waals surface area contributed by atoms with Crippen LogP contribution in [0.25, 0.3) is 11.1 Å². The molecule has 0 unspecified atom stereocenters. The van der Waals surface area contributed by atoms with Gasteiger partial charge in [-0.1, -0.05) is 6.07 Å². The number of H-pyrrole nitrogens is 1. The van der Waals surface area contributed by atoms with Gasteiger partial charge in [0, 0.05) is 11.1 Å². The van der Waals surface area contributed by atoms with E-state index < -0.39 is 5.82 Å². The predicted molar refractivity (Wildman–Crippen MR) is 53.8 cm³/mol. The molecule has 3 N–H and O–H groups in total. The topological polar surface area (TPSA) is 71.8 Å². The Morgan fingerprint density at radius 2 is 2.20 bits per heavy atom. The zero-order chi connectivity index (χ0) is 10.8. The summed E-state index contributed by atoms with van der Waals surface area (Å²) in [4.78, 5) is 10.7. The molecule has 0 aliphatic carbocycles.